The molecule has 0 aliphatic carbocycles. The van der Waals surface area contributed by atoms with E-state index in [1.807, 2.05) is 0 Å². The Bertz CT molecular complexity index is 315. The molecule has 0 bridgehead atoms. The maximum Gasteiger partial charge on any atom is 0.496 e. The summed E-state index contributed by atoms with van der Waals surface area (Å²) in [4.78, 5) is 25.4. The van der Waals surface area contributed by atoms with Crippen molar-refractivity contribution in [3.63, 3.8) is 0 Å². The maximum absolute atomic E-state index is 9.22. The van der Waals surface area contributed by atoms with Gasteiger partial charge in [-0.05, 0) is 0 Å². The summed E-state index contributed by atoms with van der Waals surface area (Å²) in [7, 11) is -4.59. The van der Waals surface area contributed by atoms with Gasteiger partial charge < -0.3 is 27.0 Å². The lowest BCUT2D eigenvalue weighted by molar-refractivity contribution is -0.158. The number of nitrogens with two attached hydrogens (primary N) is 3. The molecule has 0 atom stereocenters. The molecule has 1 aromatic heterocycles. The van der Waals surface area contributed by atoms with E-state index in [9.17, 15) is 4.57 Å². The molecule has 9 N–H and O–H groups in total. The summed E-state index contributed by atoms with van der Waals surface area (Å²) in [5, 5.41) is 7.14. The van der Waals surface area contributed by atoms with Gasteiger partial charge in [-0.25, -0.2) is 9.82 Å². The Balaban J connectivity index is 0.000000288. The van der Waals surface area contributed by atoms with Crippen LogP contribution in [-0.4, -0.2) is 30.0 Å². The normalized spacial score (nSPS) is 10.3. The third-order valence-corrected chi connectivity index (χ3v) is 1.01. The molecular formula is C3H9N6O5P. The highest BCUT2D eigenvalue weighted by molar-refractivity contribution is 7.46. The topological polar surface area (TPSA) is 204 Å². The van der Waals surface area contributed by atoms with Crippen LogP contribution in [0.15, 0.2) is 0 Å². The highest BCUT2D eigenvalue weighted by atomic mass is 31.2. The van der Waals surface area contributed by atoms with Crippen molar-refractivity contribution < 1.29 is 24.3 Å². The van der Waals surface area contributed by atoms with Gasteiger partial charge in [0, 0.05) is 0 Å². The molecule has 0 amide bonds. The third kappa shape index (κ3) is 7.54. The first-order chi connectivity index (χ1) is 6.74. The molecule has 0 aromatic carbocycles. The number of hydrogen-bond acceptors (Lipinski definition) is 9. The first-order valence-electron chi connectivity index (χ1n) is 3.16. The van der Waals surface area contributed by atoms with Crippen LogP contribution in [0.25, 0.3) is 0 Å². The summed E-state index contributed by atoms with van der Waals surface area (Å²) in [6.45, 7) is 0. The van der Waals surface area contributed by atoms with Gasteiger partial charge in [-0.1, -0.05) is 0 Å². The van der Waals surface area contributed by atoms with Crippen molar-refractivity contribution in [2.75, 3.05) is 17.2 Å². The fourth-order valence-electron chi connectivity index (χ4n) is 0.427. The Morgan fingerprint density at radius 2 is 1.20 bits per heavy atom. The Labute approximate surface area is 83.1 Å². The van der Waals surface area contributed by atoms with Crippen LogP contribution in [0.1, 0.15) is 0 Å². The molecule has 0 aliphatic heterocycles. The van der Waals surface area contributed by atoms with Gasteiger partial charge in [-0.15, -0.1) is 4.67 Å². The second-order valence-corrected chi connectivity index (χ2v) is 3.13. The minimum atomic E-state index is -4.59. The Morgan fingerprint density at radius 1 is 1.00 bits per heavy atom. The number of anilines is 3. The predicted octanol–water partition coefficient (Wildman–Crippen LogP) is -1.81. The molecule has 1 rings (SSSR count). The third-order valence-electron chi connectivity index (χ3n) is 0.794. The van der Waals surface area contributed by atoms with Crippen LogP contribution in [0, 0.1) is 0 Å². The summed E-state index contributed by atoms with van der Waals surface area (Å²) in [5.41, 5.74) is 15.4. The largest absolute Gasteiger partial charge is 0.496 e. The van der Waals surface area contributed by atoms with E-state index >= 15 is 0 Å². The number of rotatable bonds is 1. The fraction of sp³-hybridized carbons (Fsp3) is 0. The van der Waals surface area contributed by atoms with Crippen LogP contribution in [0.4, 0.5) is 17.8 Å². The molecule has 1 aromatic rings. The number of nitrogen functional groups attached to an aromatic ring is 3. The van der Waals surface area contributed by atoms with Crippen LogP contribution >= 0.6 is 7.82 Å². The van der Waals surface area contributed by atoms with Crippen molar-refractivity contribution in [3.05, 3.63) is 0 Å². The Hall–Kier alpha value is -1.52. The van der Waals surface area contributed by atoms with Crippen LogP contribution < -0.4 is 17.2 Å². The molecule has 0 aliphatic rings. The average molecular weight is 240 g/mol. The number of aromatic nitrogens is 3. The Morgan fingerprint density at radius 3 is 1.33 bits per heavy atom. The zero-order valence-corrected chi connectivity index (χ0v) is 8.07. The van der Waals surface area contributed by atoms with Gasteiger partial charge in [0.25, 0.3) is 0 Å². The standard InChI is InChI=1S/C3H6N6.H3O5P/c4-1-7-2(5)9-3(6)8-1;1-5-6(2,3)4/h(H6,4,5,6,7,8,9);1H,(H2,2,3,4). The lowest BCUT2D eigenvalue weighted by Crippen LogP contribution is -2.05. The van der Waals surface area contributed by atoms with Crippen molar-refractivity contribution in [2.24, 2.45) is 0 Å². The second kappa shape index (κ2) is 5.38. The molecule has 11 nitrogen and oxygen atoms in total. The molecule has 12 heteroatoms. The first kappa shape index (κ1) is 13.5. The Kier molecular flexibility index (Phi) is 4.84. The van der Waals surface area contributed by atoms with Crippen LogP contribution in [0.5, 0.6) is 0 Å². The van der Waals surface area contributed by atoms with Gasteiger partial charge in [-0.2, -0.15) is 15.0 Å². The minimum absolute atomic E-state index is 0.0417. The van der Waals surface area contributed by atoms with E-state index in [2.05, 4.69) is 19.6 Å². The summed E-state index contributed by atoms with van der Waals surface area (Å²) in [6, 6.07) is 0. The quantitative estimate of drug-likeness (QED) is 0.183. The lowest BCUT2D eigenvalue weighted by Gasteiger charge is -1.93. The highest BCUT2D eigenvalue weighted by Crippen LogP contribution is 2.33. The fourth-order valence-corrected chi connectivity index (χ4v) is 0.427. The smallest absolute Gasteiger partial charge is 0.368 e. The molecule has 0 fully saturated rings. The summed E-state index contributed by atoms with van der Waals surface area (Å²) in [5.74, 6) is 0.125. The molecule has 0 saturated carbocycles. The highest BCUT2D eigenvalue weighted by Gasteiger charge is 2.10. The molecule has 86 valence electrons. The van der Waals surface area contributed by atoms with E-state index < -0.39 is 7.82 Å². The van der Waals surface area contributed by atoms with Gasteiger partial charge in [0.1, 0.15) is 0 Å². The first-order valence-corrected chi connectivity index (χ1v) is 4.69. The lowest BCUT2D eigenvalue weighted by atomic mass is 10.9. The molecule has 0 radical (unpaired) electrons. The van der Waals surface area contributed by atoms with E-state index in [1.54, 1.807) is 0 Å². The monoisotopic (exact) mass is 240 g/mol. The van der Waals surface area contributed by atoms with Crippen molar-refractivity contribution in [3.8, 4) is 0 Å². The maximum atomic E-state index is 9.22. The van der Waals surface area contributed by atoms with E-state index in [4.69, 9.17) is 32.2 Å². The van der Waals surface area contributed by atoms with E-state index in [-0.39, 0.29) is 17.8 Å². The number of nitrogens with zero attached hydrogens (tertiary/aromatic N) is 3. The molecule has 0 saturated heterocycles. The van der Waals surface area contributed by atoms with Crippen LogP contribution in [0.2, 0.25) is 0 Å². The zero-order valence-electron chi connectivity index (χ0n) is 7.18. The predicted molar refractivity (Wildman–Crippen MR) is 48.8 cm³/mol. The molecule has 0 spiro atoms. The van der Waals surface area contributed by atoms with Crippen molar-refractivity contribution in [1.29, 1.82) is 0 Å². The van der Waals surface area contributed by atoms with Gasteiger partial charge in [0.05, 0.1) is 0 Å². The average Bonchev–Trinajstić information content (AvgIpc) is 2.01. The summed E-state index contributed by atoms with van der Waals surface area (Å²) < 4.78 is 11.8. The van der Waals surface area contributed by atoms with Gasteiger partial charge in [0.15, 0.2) is 0 Å². The van der Waals surface area contributed by atoms with Crippen molar-refractivity contribution >= 4 is 25.7 Å². The van der Waals surface area contributed by atoms with E-state index in [0.29, 0.717) is 0 Å². The molecule has 0 unspecified atom stereocenters. The van der Waals surface area contributed by atoms with Crippen molar-refractivity contribution in [2.45, 2.75) is 0 Å². The summed E-state index contributed by atoms with van der Waals surface area (Å²) in [6.07, 6.45) is 0. The number of hydrogen-bond donors (Lipinski definition) is 6. The van der Waals surface area contributed by atoms with Gasteiger partial charge >= 0.3 is 7.82 Å². The molecular weight excluding hydrogens is 231 g/mol. The van der Waals surface area contributed by atoms with Crippen LogP contribution in [-0.2, 0) is 9.24 Å². The SMILES string of the molecule is Nc1nc(N)nc(N)n1.O=P(O)(O)OO. The minimum Gasteiger partial charge on any atom is -0.368 e. The van der Waals surface area contributed by atoms with E-state index in [1.165, 1.54) is 0 Å². The number of phosphoric acid groups is 1. The molecule has 15 heavy (non-hydrogen) atoms. The molecule has 1 heterocycles. The van der Waals surface area contributed by atoms with Crippen molar-refractivity contribution in [1.82, 2.24) is 15.0 Å². The van der Waals surface area contributed by atoms with Crippen LogP contribution in [0.3, 0.4) is 0 Å². The second-order valence-electron chi connectivity index (χ2n) is 1.98. The van der Waals surface area contributed by atoms with Gasteiger partial charge in [0.2, 0.25) is 17.8 Å². The van der Waals surface area contributed by atoms with Gasteiger partial charge in [-0.3, -0.25) is 0 Å². The zero-order chi connectivity index (χ0) is 12.1. The van der Waals surface area contributed by atoms with E-state index in [0.717, 1.165) is 0 Å². The summed E-state index contributed by atoms with van der Waals surface area (Å²) >= 11 is 0.